The first-order chi connectivity index (χ1) is 11.0. The van der Waals surface area contributed by atoms with E-state index in [1.807, 2.05) is 6.07 Å². The van der Waals surface area contributed by atoms with E-state index in [-0.39, 0.29) is 18.2 Å². The van der Waals surface area contributed by atoms with Gasteiger partial charge in [0.1, 0.15) is 17.0 Å². The summed E-state index contributed by atoms with van der Waals surface area (Å²) in [5.74, 6) is 0.276. The van der Waals surface area contributed by atoms with Crippen molar-refractivity contribution in [3.63, 3.8) is 0 Å². The molecule has 4 N–H and O–H groups in total. The zero-order chi connectivity index (χ0) is 16.6. The van der Waals surface area contributed by atoms with E-state index in [2.05, 4.69) is 9.88 Å². The van der Waals surface area contributed by atoms with Gasteiger partial charge in [0, 0.05) is 25.7 Å². The molecule has 0 bridgehead atoms. The highest BCUT2D eigenvalue weighted by Gasteiger charge is 2.37. The van der Waals surface area contributed by atoms with E-state index < -0.39 is 5.50 Å². The van der Waals surface area contributed by atoms with Crippen LogP contribution in [0.3, 0.4) is 0 Å². The Kier molecular flexibility index (Phi) is 4.72. The van der Waals surface area contributed by atoms with Gasteiger partial charge in [-0.15, -0.1) is 3.89 Å². The van der Waals surface area contributed by atoms with Gasteiger partial charge < -0.3 is 21.1 Å². The second-order valence-corrected chi connectivity index (χ2v) is 6.18. The molecule has 0 radical (unpaired) electrons. The van der Waals surface area contributed by atoms with Crippen LogP contribution in [0.25, 0.3) is 5.70 Å². The topological polar surface area (TPSA) is 83.9 Å². The fraction of sp³-hybridized carbons (Fsp3) is 0.462. The highest BCUT2D eigenvalue weighted by Crippen LogP contribution is 2.41. The molecule has 1 saturated heterocycles. The van der Waals surface area contributed by atoms with Gasteiger partial charge >= 0.3 is 0 Å². The number of aromatic nitrogens is 1. The van der Waals surface area contributed by atoms with Crippen molar-refractivity contribution < 1.29 is 8.62 Å². The number of nitrogen functional groups attached to an aromatic ring is 1. The largest absolute Gasteiger partial charge is 0.398 e. The van der Waals surface area contributed by atoms with Crippen LogP contribution in [0.1, 0.15) is 5.56 Å². The van der Waals surface area contributed by atoms with Gasteiger partial charge in [-0.1, -0.05) is 11.6 Å². The number of alkyl halides is 1. The molecule has 2 aliphatic rings. The summed E-state index contributed by atoms with van der Waals surface area (Å²) in [6.45, 7) is 2.84. The predicted octanol–water partition coefficient (Wildman–Crippen LogP) is 1.39. The van der Waals surface area contributed by atoms with Gasteiger partial charge in [0.25, 0.3) is 0 Å². The van der Waals surface area contributed by atoms with E-state index in [0.29, 0.717) is 30.2 Å². The van der Waals surface area contributed by atoms with Crippen molar-refractivity contribution in [2.24, 2.45) is 5.73 Å². The number of ether oxygens (including phenoxy) is 1. The van der Waals surface area contributed by atoms with Crippen LogP contribution in [0.15, 0.2) is 18.0 Å². The van der Waals surface area contributed by atoms with E-state index >= 15 is 0 Å². The Morgan fingerprint density at radius 1 is 1.39 bits per heavy atom. The lowest BCUT2D eigenvalue weighted by Crippen LogP contribution is -2.36. The smallest absolute Gasteiger partial charge is 0.181 e. The average molecular weight is 361 g/mol. The van der Waals surface area contributed by atoms with Crippen LogP contribution < -0.4 is 16.4 Å². The molecule has 0 aromatic carbocycles. The van der Waals surface area contributed by atoms with Gasteiger partial charge in [0.2, 0.25) is 0 Å². The SMILES string of the molecule is CN1C(Cl)C(N)=C(c2cc(N3CCOCC3)cnc2N)N1SF. The number of halogens is 2. The molecule has 1 unspecified atom stereocenters. The van der Waals surface area contributed by atoms with Gasteiger partial charge in [0.05, 0.1) is 30.8 Å². The minimum absolute atomic E-state index is 0.0211. The number of hydrogen-bond acceptors (Lipinski definition) is 8. The molecule has 0 spiro atoms. The lowest BCUT2D eigenvalue weighted by molar-refractivity contribution is 0.122. The van der Waals surface area contributed by atoms with Gasteiger partial charge in [-0.2, -0.15) is 5.01 Å². The summed E-state index contributed by atoms with van der Waals surface area (Å²) in [7, 11) is 1.65. The van der Waals surface area contributed by atoms with Crippen LogP contribution in [0.5, 0.6) is 0 Å². The Balaban J connectivity index is 2.01. The van der Waals surface area contributed by atoms with E-state index in [1.54, 1.807) is 13.2 Å². The molecular formula is C13H18ClFN6OS. The molecule has 3 rings (SSSR count). The number of hydrogen-bond donors (Lipinski definition) is 2. The number of hydrazine groups is 1. The van der Waals surface area contributed by atoms with Gasteiger partial charge in [-0.3, -0.25) is 0 Å². The van der Waals surface area contributed by atoms with Gasteiger partial charge in [-0.25, -0.2) is 9.40 Å². The maximum atomic E-state index is 13.4. The number of pyridine rings is 1. The van der Waals surface area contributed by atoms with Crippen molar-refractivity contribution in [1.29, 1.82) is 0 Å². The third-order valence-corrected chi connectivity index (χ3v) is 5.03. The first-order valence-corrected chi connectivity index (χ1v) is 8.19. The van der Waals surface area contributed by atoms with E-state index in [0.717, 1.165) is 18.8 Å². The Hall–Kier alpha value is -1.42. The molecule has 1 fully saturated rings. The molecule has 1 atom stereocenters. The number of likely N-dealkylation sites (N-methyl/N-ethyl adjacent to an activating group) is 1. The number of rotatable bonds is 3. The van der Waals surface area contributed by atoms with Crippen molar-refractivity contribution in [3.8, 4) is 0 Å². The third kappa shape index (κ3) is 2.89. The van der Waals surface area contributed by atoms with E-state index in [4.69, 9.17) is 27.8 Å². The summed E-state index contributed by atoms with van der Waals surface area (Å²) < 4.78 is 20.0. The normalized spacial score (nSPS) is 23.0. The predicted molar refractivity (Wildman–Crippen MR) is 90.7 cm³/mol. The number of morpholine rings is 1. The molecule has 0 saturated carbocycles. The van der Waals surface area contributed by atoms with Crippen molar-refractivity contribution in [3.05, 3.63) is 23.5 Å². The molecule has 2 aliphatic heterocycles. The molecule has 3 heterocycles. The lowest BCUT2D eigenvalue weighted by Gasteiger charge is -2.29. The minimum atomic E-state index is -0.639. The molecule has 23 heavy (non-hydrogen) atoms. The molecule has 1 aromatic heterocycles. The van der Waals surface area contributed by atoms with Crippen molar-refractivity contribution >= 4 is 41.1 Å². The quantitative estimate of drug-likeness (QED) is 0.475. The zero-order valence-electron chi connectivity index (χ0n) is 12.6. The summed E-state index contributed by atoms with van der Waals surface area (Å²) in [5.41, 5.74) is 13.7. The molecule has 126 valence electrons. The Morgan fingerprint density at radius 2 is 2.09 bits per heavy atom. The zero-order valence-corrected chi connectivity index (χ0v) is 14.1. The maximum absolute atomic E-state index is 13.4. The van der Waals surface area contributed by atoms with Crippen LogP contribution in [-0.4, -0.2) is 53.3 Å². The summed E-state index contributed by atoms with van der Waals surface area (Å²) in [6, 6.07) is 1.86. The van der Waals surface area contributed by atoms with Crippen LogP contribution in [0, 0.1) is 0 Å². The van der Waals surface area contributed by atoms with E-state index in [9.17, 15) is 3.89 Å². The standard InChI is InChI=1S/C13H18ClFN6OS/c1-19-12(14)10(16)11(21(19)23-15)9-6-8(7-18-13(9)17)20-2-4-22-5-3-20/h6-7,12H,2-5,16H2,1H3,(H2,17,18). The second kappa shape index (κ2) is 6.60. The first-order valence-electron chi connectivity index (χ1n) is 7.08. The van der Waals surface area contributed by atoms with Crippen molar-refractivity contribution in [2.45, 2.75) is 5.50 Å². The second-order valence-electron chi connectivity index (χ2n) is 5.28. The molecule has 10 heteroatoms. The van der Waals surface area contributed by atoms with Gasteiger partial charge in [-0.05, 0) is 6.07 Å². The Morgan fingerprint density at radius 3 is 2.74 bits per heavy atom. The summed E-state index contributed by atoms with van der Waals surface area (Å²) in [5, 5.41) is 1.50. The Labute approximate surface area is 143 Å². The monoisotopic (exact) mass is 360 g/mol. The Bertz CT molecular complexity index is 626. The van der Waals surface area contributed by atoms with Crippen molar-refractivity contribution in [1.82, 2.24) is 14.4 Å². The van der Waals surface area contributed by atoms with E-state index in [1.165, 1.54) is 9.42 Å². The molecule has 0 aliphatic carbocycles. The molecule has 1 aromatic rings. The maximum Gasteiger partial charge on any atom is 0.181 e. The highest BCUT2D eigenvalue weighted by atomic mass is 35.5. The highest BCUT2D eigenvalue weighted by molar-refractivity contribution is 7.92. The molecule has 0 amide bonds. The van der Waals surface area contributed by atoms with Crippen molar-refractivity contribution in [2.75, 3.05) is 44.0 Å². The fourth-order valence-corrected chi connectivity index (χ4v) is 3.37. The van der Waals surface area contributed by atoms with Crippen LogP contribution in [0.4, 0.5) is 15.4 Å². The first kappa shape index (κ1) is 16.4. The molecular weight excluding hydrogens is 343 g/mol. The summed E-state index contributed by atoms with van der Waals surface area (Å²) in [6.07, 6.45) is 1.70. The summed E-state index contributed by atoms with van der Waals surface area (Å²) in [4.78, 5) is 6.38. The van der Waals surface area contributed by atoms with Crippen LogP contribution in [-0.2, 0) is 4.74 Å². The third-order valence-electron chi connectivity index (χ3n) is 3.94. The average Bonchev–Trinajstić information content (AvgIpc) is 2.80. The van der Waals surface area contributed by atoms with Crippen LogP contribution in [0.2, 0.25) is 0 Å². The fourth-order valence-electron chi connectivity index (χ4n) is 2.66. The molecule has 7 nitrogen and oxygen atoms in total. The lowest BCUT2D eigenvalue weighted by atomic mass is 10.1. The number of anilines is 2. The number of nitrogens with zero attached hydrogens (tertiary/aromatic N) is 4. The van der Waals surface area contributed by atoms with Gasteiger partial charge in [0.15, 0.2) is 12.3 Å². The minimum Gasteiger partial charge on any atom is -0.398 e. The number of nitrogens with two attached hydrogens (primary N) is 2. The van der Waals surface area contributed by atoms with Crippen LogP contribution >= 0.6 is 23.9 Å². The summed E-state index contributed by atoms with van der Waals surface area (Å²) >= 11 is 6.23.